The molecule has 2 amide bonds. The van der Waals surface area contributed by atoms with Crippen molar-refractivity contribution in [1.82, 2.24) is 20.4 Å². The van der Waals surface area contributed by atoms with Crippen molar-refractivity contribution in [2.75, 3.05) is 26.3 Å². The van der Waals surface area contributed by atoms with Gasteiger partial charge in [0.05, 0.1) is 19.3 Å². The molecule has 1 atom stereocenters. The number of nitrogens with one attached hydrogen (secondary N) is 1. The number of morpholine rings is 1. The molecule has 1 saturated heterocycles. The molecule has 1 unspecified atom stereocenters. The normalized spacial score (nSPS) is 19.8. The maximum Gasteiger partial charge on any atom is 0.471 e. The van der Waals surface area contributed by atoms with E-state index < -0.39 is 12.1 Å². The number of benzene rings is 1. The Kier molecular flexibility index (Phi) is 6.45. The molecule has 1 aliphatic carbocycles. The molecule has 2 heterocycles. The van der Waals surface area contributed by atoms with Crippen molar-refractivity contribution < 1.29 is 32.0 Å². The van der Waals surface area contributed by atoms with Crippen LogP contribution in [0.5, 0.6) is 0 Å². The fourth-order valence-electron chi connectivity index (χ4n) is 4.06. The van der Waals surface area contributed by atoms with E-state index in [2.05, 4.69) is 20.0 Å². The minimum Gasteiger partial charge on any atom is -0.377 e. The number of alkyl halides is 3. The first-order valence-electron chi connectivity index (χ1n) is 10.5. The lowest BCUT2D eigenvalue weighted by Gasteiger charge is -2.37. The zero-order chi connectivity index (χ0) is 22.7. The molecule has 1 saturated carbocycles. The van der Waals surface area contributed by atoms with Gasteiger partial charge in [0.2, 0.25) is 11.7 Å². The van der Waals surface area contributed by atoms with Crippen molar-refractivity contribution in [1.29, 1.82) is 0 Å². The number of halogens is 3. The summed E-state index contributed by atoms with van der Waals surface area (Å²) in [6.07, 6.45) is -0.765. The van der Waals surface area contributed by atoms with Crippen LogP contribution in [-0.2, 0) is 15.7 Å². The van der Waals surface area contributed by atoms with E-state index in [1.54, 1.807) is 0 Å². The van der Waals surface area contributed by atoms with Gasteiger partial charge < -0.3 is 19.5 Å². The Morgan fingerprint density at radius 1 is 1.16 bits per heavy atom. The van der Waals surface area contributed by atoms with Crippen LogP contribution in [0.4, 0.5) is 13.2 Å². The summed E-state index contributed by atoms with van der Waals surface area (Å²) < 4.78 is 47.6. The van der Waals surface area contributed by atoms with Gasteiger partial charge in [-0.05, 0) is 25.0 Å². The second-order valence-electron chi connectivity index (χ2n) is 7.95. The Labute approximate surface area is 182 Å². The number of hydrogen-bond donors (Lipinski definition) is 1. The largest absolute Gasteiger partial charge is 0.471 e. The van der Waals surface area contributed by atoms with E-state index in [-0.39, 0.29) is 41.7 Å². The van der Waals surface area contributed by atoms with Crippen molar-refractivity contribution in [3.8, 4) is 11.4 Å². The molecular weight excluding hydrogens is 429 g/mol. The lowest BCUT2D eigenvalue weighted by molar-refractivity contribution is -0.159. The van der Waals surface area contributed by atoms with Gasteiger partial charge in [0.1, 0.15) is 0 Å². The standard InChI is InChI=1S/C21H23F3N4O4/c22-21(23,24)20-26-17(27-32-20)13-5-7-14(8-6-13)18(29)25-11-16-12-31-10-9-28(16)19(30)15-3-1-2-4-15/h5-8,15-16H,1-4,9-12H2,(H,25,29). The maximum atomic E-state index is 12.8. The average molecular weight is 452 g/mol. The predicted octanol–water partition coefficient (Wildman–Crippen LogP) is 2.90. The molecule has 1 aromatic heterocycles. The SMILES string of the molecule is O=C(NCC1COCCN1C(=O)C1CCCC1)c1ccc(-c2noc(C(F)(F)F)n2)cc1. The molecule has 8 nitrogen and oxygen atoms in total. The summed E-state index contributed by atoms with van der Waals surface area (Å²) in [5, 5.41) is 6.14. The molecule has 0 radical (unpaired) electrons. The Morgan fingerprint density at radius 2 is 1.88 bits per heavy atom. The number of aromatic nitrogens is 2. The van der Waals surface area contributed by atoms with Gasteiger partial charge in [0, 0.05) is 30.1 Å². The van der Waals surface area contributed by atoms with E-state index >= 15 is 0 Å². The minimum atomic E-state index is -4.72. The predicted molar refractivity (Wildman–Crippen MR) is 105 cm³/mol. The summed E-state index contributed by atoms with van der Waals surface area (Å²) >= 11 is 0. The fraction of sp³-hybridized carbons (Fsp3) is 0.524. The van der Waals surface area contributed by atoms with E-state index in [9.17, 15) is 22.8 Å². The number of rotatable bonds is 5. The molecule has 4 rings (SSSR count). The van der Waals surface area contributed by atoms with Gasteiger partial charge in [0.15, 0.2) is 0 Å². The zero-order valence-electron chi connectivity index (χ0n) is 17.2. The van der Waals surface area contributed by atoms with Crippen molar-refractivity contribution >= 4 is 11.8 Å². The van der Waals surface area contributed by atoms with Crippen molar-refractivity contribution in [3.63, 3.8) is 0 Å². The van der Waals surface area contributed by atoms with Crippen LogP contribution in [0.1, 0.15) is 41.9 Å². The molecular formula is C21H23F3N4O4. The van der Waals surface area contributed by atoms with Crippen LogP contribution < -0.4 is 5.32 Å². The Hall–Kier alpha value is -2.95. The number of nitrogens with zero attached hydrogens (tertiary/aromatic N) is 3. The lowest BCUT2D eigenvalue weighted by atomic mass is 10.0. The molecule has 2 aliphatic rings. The monoisotopic (exact) mass is 452 g/mol. The van der Waals surface area contributed by atoms with Gasteiger partial charge in [-0.1, -0.05) is 30.1 Å². The van der Waals surface area contributed by atoms with Crippen molar-refractivity contribution in [3.05, 3.63) is 35.7 Å². The summed E-state index contributed by atoms with van der Waals surface area (Å²) in [5.74, 6) is -1.82. The number of carbonyl (C=O) groups is 2. The molecule has 0 spiro atoms. The highest BCUT2D eigenvalue weighted by Crippen LogP contribution is 2.30. The third-order valence-electron chi connectivity index (χ3n) is 5.79. The summed E-state index contributed by atoms with van der Waals surface area (Å²) in [6.45, 7) is 1.60. The Morgan fingerprint density at radius 3 is 2.53 bits per heavy atom. The molecule has 2 aromatic rings. The summed E-state index contributed by atoms with van der Waals surface area (Å²) in [4.78, 5) is 30.5. The highest BCUT2D eigenvalue weighted by atomic mass is 19.4. The molecule has 11 heteroatoms. The van der Waals surface area contributed by atoms with Crippen LogP contribution in [0.2, 0.25) is 0 Å². The first-order chi connectivity index (χ1) is 15.3. The smallest absolute Gasteiger partial charge is 0.377 e. The van der Waals surface area contributed by atoms with Crippen LogP contribution in [-0.4, -0.2) is 59.2 Å². The molecule has 1 N–H and O–H groups in total. The van der Waals surface area contributed by atoms with Crippen LogP contribution in [0.15, 0.2) is 28.8 Å². The zero-order valence-corrected chi connectivity index (χ0v) is 17.2. The highest BCUT2D eigenvalue weighted by molar-refractivity contribution is 5.94. The first-order valence-corrected chi connectivity index (χ1v) is 10.5. The van der Waals surface area contributed by atoms with Crippen LogP contribution >= 0.6 is 0 Å². The highest BCUT2D eigenvalue weighted by Gasteiger charge is 2.38. The van der Waals surface area contributed by atoms with E-state index in [0.29, 0.717) is 25.3 Å². The Bertz CT molecular complexity index is 955. The van der Waals surface area contributed by atoms with Crippen molar-refractivity contribution in [2.24, 2.45) is 5.92 Å². The molecule has 2 fully saturated rings. The van der Waals surface area contributed by atoms with Gasteiger partial charge in [-0.3, -0.25) is 9.59 Å². The van der Waals surface area contributed by atoms with Crippen molar-refractivity contribution in [2.45, 2.75) is 37.9 Å². The van der Waals surface area contributed by atoms with Gasteiger partial charge in [0.25, 0.3) is 5.91 Å². The number of hydrogen-bond acceptors (Lipinski definition) is 6. The topological polar surface area (TPSA) is 97.6 Å². The van der Waals surface area contributed by atoms with E-state index in [1.165, 1.54) is 24.3 Å². The van der Waals surface area contributed by atoms with E-state index in [4.69, 9.17) is 4.74 Å². The summed E-state index contributed by atoms with van der Waals surface area (Å²) in [5.41, 5.74) is 0.605. The second kappa shape index (κ2) is 9.27. The third kappa shape index (κ3) is 4.93. The van der Waals surface area contributed by atoms with E-state index in [1.807, 2.05) is 4.90 Å². The number of ether oxygens (including phenoxy) is 1. The van der Waals surface area contributed by atoms with Crippen LogP contribution in [0.25, 0.3) is 11.4 Å². The quantitative estimate of drug-likeness (QED) is 0.749. The van der Waals surface area contributed by atoms with Gasteiger partial charge in [-0.2, -0.15) is 18.2 Å². The minimum absolute atomic E-state index is 0.0573. The molecule has 1 aliphatic heterocycles. The summed E-state index contributed by atoms with van der Waals surface area (Å²) in [7, 11) is 0. The molecule has 0 bridgehead atoms. The molecule has 32 heavy (non-hydrogen) atoms. The van der Waals surface area contributed by atoms with Crippen LogP contribution in [0.3, 0.4) is 0 Å². The van der Waals surface area contributed by atoms with E-state index in [0.717, 1.165) is 25.7 Å². The maximum absolute atomic E-state index is 12.8. The molecule has 172 valence electrons. The first kappa shape index (κ1) is 22.3. The average Bonchev–Trinajstić information content (AvgIpc) is 3.50. The summed E-state index contributed by atoms with van der Waals surface area (Å²) in [6, 6.07) is 5.58. The number of carbonyl (C=O) groups excluding carboxylic acids is 2. The molecule has 1 aromatic carbocycles. The fourth-order valence-corrected chi connectivity index (χ4v) is 4.06. The second-order valence-corrected chi connectivity index (χ2v) is 7.95. The lowest BCUT2D eigenvalue weighted by Crippen LogP contribution is -2.54. The van der Waals surface area contributed by atoms with Gasteiger partial charge in [-0.15, -0.1) is 0 Å². The Balaban J connectivity index is 1.36. The van der Waals surface area contributed by atoms with Gasteiger partial charge >= 0.3 is 12.1 Å². The van der Waals surface area contributed by atoms with Gasteiger partial charge in [-0.25, -0.2) is 0 Å². The third-order valence-corrected chi connectivity index (χ3v) is 5.79. The number of amides is 2. The van der Waals surface area contributed by atoms with Crippen LogP contribution in [0, 0.1) is 5.92 Å².